The summed E-state index contributed by atoms with van der Waals surface area (Å²) >= 11 is 0. The number of aryl methyl sites for hydroxylation is 1. The van der Waals surface area contributed by atoms with Crippen molar-refractivity contribution >= 4 is 33.7 Å². The van der Waals surface area contributed by atoms with Crippen molar-refractivity contribution < 1.29 is 19.2 Å². The maximum atomic E-state index is 13.3. The third kappa shape index (κ3) is 5.14. The van der Waals surface area contributed by atoms with Crippen molar-refractivity contribution in [2.45, 2.75) is 58.3 Å². The van der Waals surface area contributed by atoms with Gasteiger partial charge in [-0.25, -0.2) is 0 Å². The number of aliphatic hydroxyl groups is 1. The average molecular weight is 533 g/mol. The van der Waals surface area contributed by atoms with Crippen molar-refractivity contribution in [2.75, 3.05) is 0 Å². The molecule has 6 nitrogen and oxygen atoms in total. The highest BCUT2D eigenvalue weighted by molar-refractivity contribution is 6.24. The summed E-state index contributed by atoms with van der Waals surface area (Å²) in [6, 6.07) is 23.9. The molecular weight excluding hydrogens is 500 g/mol. The van der Waals surface area contributed by atoms with Crippen LogP contribution < -0.4 is 0 Å². The van der Waals surface area contributed by atoms with Gasteiger partial charge in [-0.05, 0) is 52.6 Å². The normalized spacial score (nSPS) is 19.2. The molecule has 2 aliphatic carbocycles. The molecule has 1 unspecified atom stereocenters. The summed E-state index contributed by atoms with van der Waals surface area (Å²) < 4.78 is 5.68. The molecule has 1 N–H and O–H groups in total. The number of benzene rings is 3. The minimum absolute atomic E-state index is 0.0249. The molecule has 0 aliphatic heterocycles. The zero-order chi connectivity index (χ0) is 27.9. The molecular formula is C34H32N2O4. The molecule has 0 saturated heterocycles. The molecule has 1 atom stereocenters. The first-order valence-corrected chi connectivity index (χ1v) is 13.8. The molecule has 3 aromatic carbocycles. The van der Waals surface area contributed by atoms with Crippen molar-refractivity contribution in [3.8, 4) is 0 Å². The third-order valence-electron chi connectivity index (χ3n) is 7.98. The van der Waals surface area contributed by atoms with Gasteiger partial charge in [-0.15, -0.1) is 0 Å². The largest absolute Gasteiger partial charge is 0.511 e. The van der Waals surface area contributed by atoms with Crippen LogP contribution in [0.3, 0.4) is 0 Å². The zero-order valence-electron chi connectivity index (χ0n) is 22.8. The second-order valence-corrected chi connectivity index (χ2v) is 11.7. The van der Waals surface area contributed by atoms with E-state index in [4.69, 9.17) is 9.52 Å². The van der Waals surface area contributed by atoms with E-state index < -0.39 is 0 Å². The molecule has 1 heterocycles. The van der Waals surface area contributed by atoms with E-state index in [0.717, 1.165) is 16.3 Å². The van der Waals surface area contributed by atoms with E-state index in [1.165, 1.54) is 0 Å². The third-order valence-corrected chi connectivity index (χ3v) is 7.98. The predicted molar refractivity (Wildman–Crippen MR) is 155 cm³/mol. The molecule has 6 rings (SSSR count). The number of Topliss-reactive ketones (excluding diaryl/α,β-unsaturated/α-hetero) is 2. The summed E-state index contributed by atoms with van der Waals surface area (Å²) in [6.45, 7) is 3.96. The van der Waals surface area contributed by atoms with Crippen molar-refractivity contribution in [1.29, 1.82) is 0 Å². The number of allylic oxidation sites excluding steroid dienone is 2. The molecule has 0 saturated carbocycles. The van der Waals surface area contributed by atoms with Crippen molar-refractivity contribution in [1.82, 2.24) is 5.16 Å². The Morgan fingerprint density at radius 3 is 2.48 bits per heavy atom. The predicted octanol–water partition coefficient (Wildman–Crippen LogP) is 7.65. The maximum absolute atomic E-state index is 13.3. The van der Waals surface area contributed by atoms with Gasteiger partial charge in [0.2, 0.25) is 0 Å². The Morgan fingerprint density at radius 1 is 0.950 bits per heavy atom. The minimum atomic E-state index is -0.314. The Bertz CT molecular complexity index is 1680. The lowest BCUT2D eigenvalue weighted by Crippen LogP contribution is -2.29. The van der Waals surface area contributed by atoms with E-state index >= 15 is 0 Å². The Hall–Kier alpha value is -4.32. The number of nitrogens with zero attached hydrogens (tertiary/aromatic N) is 2. The van der Waals surface area contributed by atoms with Gasteiger partial charge in [0.05, 0.1) is 28.2 Å². The van der Waals surface area contributed by atoms with Crippen LogP contribution in [0, 0.1) is 5.41 Å². The smallest absolute Gasteiger partial charge is 0.168 e. The van der Waals surface area contributed by atoms with Gasteiger partial charge in [0.15, 0.2) is 11.6 Å². The molecule has 202 valence electrons. The molecule has 0 fully saturated rings. The van der Waals surface area contributed by atoms with E-state index in [-0.39, 0.29) is 28.7 Å². The van der Waals surface area contributed by atoms with Gasteiger partial charge in [-0.2, -0.15) is 0 Å². The SMILES string of the molecule is CC1(C)CC(=O)C(C(CCc2noc3c2C(=O)CC(c2ccccc2)C3)=Nc2ccc3ccccc3c2)=C(O)C1. The molecule has 1 aromatic heterocycles. The molecule has 0 bridgehead atoms. The number of carbonyl (C=O) groups is 2. The van der Waals surface area contributed by atoms with Gasteiger partial charge in [-0.3, -0.25) is 14.6 Å². The minimum Gasteiger partial charge on any atom is -0.511 e. The van der Waals surface area contributed by atoms with Crippen LogP contribution in [0.25, 0.3) is 10.8 Å². The second kappa shape index (κ2) is 10.3. The topological polar surface area (TPSA) is 92.8 Å². The fraction of sp³-hybridized carbons (Fsp3) is 0.294. The fourth-order valence-corrected chi connectivity index (χ4v) is 6.06. The van der Waals surface area contributed by atoms with Gasteiger partial charge >= 0.3 is 0 Å². The number of hydrogen-bond acceptors (Lipinski definition) is 6. The van der Waals surface area contributed by atoms with Crippen LogP contribution >= 0.6 is 0 Å². The Labute approximate surface area is 233 Å². The molecule has 0 amide bonds. The van der Waals surface area contributed by atoms with Crippen molar-refractivity contribution in [2.24, 2.45) is 10.4 Å². The molecule has 6 heteroatoms. The van der Waals surface area contributed by atoms with E-state index in [9.17, 15) is 14.7 Å². The van der Waals surface area contributed by atoms with E-state index in [0.29, 0.717) is 72.5 Å². The number of hydrogen-bond donors (Lipinski definition) is 1. The van der Waals surface area contributed by atoms with Crippen molar-refractivity contribution in [3.63, 3.8) is 0 Å². The summed E-state index contributed by atoms with van der Waals surface area (Å²) in [5, 5.41) is 17.4. The fourth-order valence-electron chi connectivity index (χ4n) is 6.06. The first kappa shape index (κ1) is 25.9. The number of rotatable bonds is 6. The second-order valence-electron chi connectivity index (χ2n) is 11.7. The average Bonchev–Trinajstić information content (AvgIpc) is 3.34. The highest BCUT2D eigenvalue weighted by atomic mass is 16.5. The summed E-state index contributed by atoms with van der Waals surface area (Å²) in [7, 11) is 0. The molecule has 40 heavy (non-hydrogen) atoms. The van der Waals surface area contributed by atoms with Crippen molar-refractivity contribution in [3.05, 3.63) is 107 Å². The van der Waals surface area contributed by atoms with Crippen LogP contribution in [0.4, 0.5) is 5.69 Å². The van der Waals surface area contributed by atoms with Crippen LogP contribution in [-0.2, 0) is 17.6 Å². The van der Waals surface area contributed by atoms with E-state index in [1.807, 2.05) is 86.6 Å². The lowest BCUT2D eigenvalue weighted by atomic mass is 9.75. The standard InChI is InChI=1S/C34H32N2O4/c1-34(2)19-29(38)32(30(39)20-34)26(35-25-13-12-22-10-6-7-11-23(22)16-25)14-15-27-33-28(37)17-24(18-31(33)40-36-27)21-8-4-3-5-9-21/h3-13,16,24,38H,14-15,17-20H2,1-2H3. The summed E-state index contributed by atoms with van der Waals surface area (Å²) in [6.07, 6.45) is 2.48. The number of aromatic nitrogens is 1. The lowest BCUT2D eigenvalue weighted by molar-refractivity contribution is -0.118. The zero-order valence-corrected chi connectivity index (χ0v) is 22.8. The van der Waals surface area contributed by atoms with Crippen LogP contribution in [0.15, 0.2) is 93.6 Å². The van der Waals surface area contributed by atoms with E-state index in [1.54, 1.807) is 0 Å². The number of carbonyl (C=O) groups excluding carboxylic acids is 2. The monoisotopic (exact) mass is 532 g/mol. The van der Waals surface area contributed by atoms with Gasteiger partial charge in [-0.1, -0.05) is 79.7 Å². The first-order valence-electron chi connectivity index (χ1n) is 13.8. The number of aliphatic imine (C=N–C) groups is 1. The number of fused-ring (bicyclic) bond motifs is 2. The maximum Gasteiger partial charge on any atom is 0.168 e. The summed E-state index contributed by atoms with van der Waals surface area (Å²) in [5.41, 5.74) is 3.45. The van der Waals surface area contributed by atoms with E-state index in [2.05, 4.69) is 5.16 Å². The Kier molecular flexibility index (Phi) is 6.70. The van der Waals surface area contributed by atoms with Crippen LogP contribution in [0.5, 0.6) is 0 Å². The number of ketones is 2. The summed E-state index contributed by atoms with van der Waals surface area (Å²) in [5.74, 6) is 0.668. The molecule has 0 radical (unpaired) electrons. The molecule has 4 aromatic rings. The van der Waals surface area contributed by atoms with Gasteiger partial charge in [0, 0.05) is 25.7 Å². The highest BCUT2D eigenvalue weighted by Crippen LogP contribution is 2.38. The van der Waals surface area contributed by atoms with Gasteiger partial charge in [0.25, 0.3) is 0 Å². The molecule has 0 spiro atoms. The Balaban J connectivity index is 1.32. The van der Waals surface area contributed by atoms with Crippen LogP contribution in [0.2, 0.25) is 0 Å². The van der Waals surface area contributed by atoms with Crippen LogP contribution in [0.1, 0.15) is 72.8 Å². The van der Waals surface area contributed by atoms with Gasteiger partial charge in [0.1, 0.15) is 11.5 Å². The Morgan fingerprint density at radius 2 is 1.70 bits per heavy atom. The van der Waals surface area contributed by atoms with Gasteiger partial charge < -0.3 is 9.63 Å². The quantitative estimate of drug-likeness (QED) is 0.258. The summed E-state index contributed by atoms with van der Waals surface area (Å²) in [4.78, 5) is 31.4. The molecule has 2 aliphatic rings. The van der Waals surface area contributed by atoms with Crippen LogP contribution in [-0.4, -0.2) is 27.5 Å². The lowest BCUT2D eigenvalue weighted by Gasteiger charge is -2.30. The highest BCUT2D eigenvalue weighted by Gasteiger charge is 2.36. The first-order chi connectivity index (χ1) is 19.3. The number of aliphatic hydroxyl groups excluding tert-OH is 1.